The maximum absolute atomic E-state index is 12.4. The van der Waals surface area contributed by atoms with Crippen LogP contribution in [0.1, 0.15) is 10.4 Å². The zero-order chi connectivity index (χ0) is 21.1. The van der Waals surface area contributed by atoms with Gasteiger partial charge in [-0.05, 0) is 24.3 Å². The normalized spacial score (nSPS) is 12.9. The highest BCUT2D eigenvalue weighted by Crippen LogP contribution is 2.17. The Bertz CT molecular complexity index is 1260. The molecule has 0 saturated carbocycles. The van der Waals surface area contributed by atoms with E-state index in [1.807, 2.05) is 34.9 Å². The quantitative estimate of drug-likeness (QED) is 0.468. The monoisotopic (exact) mass is 424 g/mol. The Hall–Kier alpha value is -3.53. The predicted octanol–water partition coefficient (Wildman–Crippen LogP) is 1.61. The molecule has 0 aliphatic heterocycles. The first-order valence-corrected chi connectivity index (χ1v) is 10.8. The Balaban J connectivity index is 1.54. The van der Waals surface area contributed by atoms with E-state index in [0.717, 1.165) is 5.69 Å². The number of aromatic amines is 1. The van der Waals surface area contributed by atoms with E-state index in [1.54, 1.807) is 24.6 Å². The van der Waals surface area contributed by atoms with Crippen molar-refractivity contribution in [3.8, 4) is 5.88 Å². The zero-order valence-corrected chi connectivity index (χ0v) is 17.3. The molecule has 0 fully saturated rings. The molecule has 1 amide bonds. The lowest BCUT2D eigenvalue weighted by molar-refractivity contribution is 0.0948. The molecule has 154 valence electrons. The van der Waals surface area contributed by atoms with Crippen LogP contribution in [-0.4, -0.2) is 49.5 Å². The first-order valence-electron chi connectivity index (χ1n) is 9.20. The summed E-state index contributed by atoms with van der Waals surface area (Å²) in [5.41, 5.74) is 2.24. The number of hydrogen-bond acceptors (Lipinski definition) is 6. The maximum atomic E-state index is 12.4. The largest absolute Gasteiger partial charge is 0.480 e. The van der Waals surface area contributed by atoms with Crippen molar-refractivity contribution in [2.24, 2.45) is 4.99 Å². The third-order valence-electron chi connectivity index (χ3n) is 4.49. The molecule has 0 radical (unpaired) electrons. The number of fused-ring (bicyclic) bond motifs is 2. The van der Waals surface area contributed by atoms with Gasteiger partial charge in [0.05, 0.1) is 23.6 Å². The van der Waals surface area contributed by atoms with Gasteiger partial charge in [0.1, 0.15) is 16.1 Å². The lowest BCUT2D eigenvalue weighted by Crippen LogP contribution is -2.32. The van der Waals surface area contributed by atoms with Crippen molar-refractivity contribution >= 4 is 33.8 Å². The minimum absolute atomic E-state index is 0.273. The minimum Gasteiger partial charge on any atom is -0.480 e. The van der Waals surface area contributed by atoms with Crippen molar-refractivity contribution < 1.29 is 13.7 Å². The smallest absolute Gasteiger partial charge is 0.256 e. The lowest BCUT2D eigenvalue weighted by Gasteiger charge is -2.19. The molecule has 0 spiro atoms. The molecule has 4 aromatic heterocycles. The Labute approximate surface area is 174 Å². The number of para-hydroxylation sites is 1. The van der Waals surface area contributed by atoms with E-state index in [2.05, 4.69) is 25.3 Å². The van der Waals surface area contributed by atoms with E-state index in [0.29, 0.717) is 40.5 Å². The van der Waals surface area contributed by atoms with Crippen LogP contribution >= 0.6 is 0 Å². The van der Waals surface area contributed by atoms with Crippen LogP contribution < -0.4 is 15.5 Å². The molecule has 10 heteroatoms. The van der Waals surface area contributed by atoms with Gasteiger partial charge < -0.3 is 15.0 Å². The van der Waals surface area contributed by atoms with Crippen LogP contribution in [0.15, 0.2) is 58.5 Å². The molecule has 5 rings (SSSR count). The summed E-state index contributed by atoms with van der Waals surface area (Å²) in [4.78, 5) is 29.1. The van der Waals surface area contributed by atoms with Crippen LogP contribution in [0.4, 0.5) is 5.69 Å². The van der Waals surface area contributed by atoms with E-state index in [4.69, 9.17) is 4.74 Å². The van der Waals surface area contributed by atoms with Gasteiger partial charge in [0, 0.05) is 25.5 Å². The standard InChI is InChI=1S/C20H20N6O3S/c1-29-19-14(9-6-10-22-19)18(27)21-11-12-26-17-15(30(2)28)16(24-20(26)25-17)23-13-7-4-3-5-8-13/h3-10H,11-12H2,1-2H3,(H,21,27)(H,23,24,25). The molecular weight excluding hydrogens is 404 g/mol. The summed E-state index contributed by atoms with van der Waals surface area (Å²) in [6.07, 6.45) is 3.16. The molecule has 0 aliphatic carbocycles. The molecule has 1 atom stereocenters. The molecule has 0 aliphatic rings. The van der Waals surface area contributed by atoms with Crippen molar-refractivity contribution in [2.75, 3.05) is 19.9 Å². The van der Waals surface area contributed by atoms with Crippen molar-refractivity contribution in [2.45, 2.75) is 11.4 Å². The third-order valence-corrected chi connectivity index (χ3v) is 5.45. The lowest BCUT2D eigenvalue weighted by atomic mass is 10.2. The van der Waals surface area contributed by atoms with Gasteiger partial charge in [-0.1, -0.05) is 18.2 Å². The maximum Gasteiger partial charge on any atom is 0.256 e. The molecule has 0 saturated heterocycles. The SMILES string of the molecule is COc1ncccc1C(=O)NCCn1c2nc(=Nc3ccccc3)c(S(C)=O)c1[nH]2. The second kappa shape index (κ2) is 8.46. The number of methoxy groups -OCH3 is 1. The third kappa shape index (κ3) is 3.81. The van der Waals surface area contributed by atoms with Gasteiger partial charge in [-0.3, -0.25) is 13.6 Å². The predicted molar refractivity (Wildman–Crippen MR) is 112 cm³/mol. The van der Waals surface area contributed by atoms with Gasteiger partial charge in [-0.15, -0.1) is 0 Å². The minimum atomic E-state index is -1.29. The highest BCUT2D eigenvalue weighted by molar-refractivity contribution is 7.84. The molecule has 1 unspecified atom stereocenters. The number of hydrogen-bond donors (Lipinski definition) is 2. The molecule has 1 aromatic carbocycles. The van der Waals surface area contributed by atoms with Gasteiger partial charge in [0.2, 0.25) is 11.7 Å². The number of rotatable bonds is 7. The van der Waals surface area contributed by atoms with Crippen molar-refractivity contribution in [1.29, 1.82) is 0 Å². The fourth-order valence-electron chi connectivity index (χ4n) is 3.10. The number of ether oxygens (including phenoxy) is 1. The summed E-state index contributed by atoms with van der Waals surface area (Å²) in [6, 6.07) is 12.7. The number of H-pyrrole nitrogens is 1. The zero-order valence-electron chi connectivity index (χ0n) is 16.5. The number of nitrogens with zero attached hydrogens (tertiary/aromatic N) is 4. The van der Waals surface area contributed by atoms with Crippen LogP contribution in [0.3, 0.4) is 0 Å². The van der Waals surface area contributed by atoms with E-state index in [9.17, 15) is 9.00 Å². The Morgan fingerprint density at radius 3 is 2.80 bits per heavy atom. The highest BCUT2D eigenvalue weighted by atomic mass is 32.2. The Morgan fingerprint density at radius 1 is 1.27 bits per heavy atom. The molecule has 5 aromatic rings. The number of nitrogens with one attached hydrogen (secondary N) is 2. The second-order valence-corrected chi connectivity index (χ2v) is 7.75. The Kier molecular flexibility index (Phi) is 5.57. The van der Waals surface area contributed by atoms with Gasteiger partial charge in [0.15, 0.2) is 5.49 Å². The van der Waals surface area contributed by atoms with Gasteiger partial charge in [-0.25, -0.2) is 9.98 Å². The van der Waals surface area contributed by atoms with Crippen LogP contribution in [0.2, 0.25) is 0 Å². The first kappa shape index (κ1) is 19.8. The fourth-order valence-corrected chi connectivity index (χ4v) is 3.89. The average Bonchev–Trinajstić information content (AvgIpc) is 2.76. The molecule has 9 nitrogen and oxygen atoms in total. The van der Waals surface area contributed by atoms with Crippen molar-refractivity contribution in [3.63, 3.8) is 0 Å². The van der Waals surface area contributed by atoms with E-state index < -0.39 is 10.8 Å². The molecule has 2 N–H and O–H groups in total. The number of aromatic nitrogens is 4. The first-order chi connectivity index (χ1) is 14.6. The summed E-state index contributed by atoms with van der Waals surface area (Å²) in [5, 5.41) is 2.85. The number of carbonyl (C=O) groups excluding carboxylic acids is 1. The summed E-state index contributed by atoms with van der Waals surface area (Å²) in [5.74, 6) is 0.609. The summed E-state index contributed by atoms with van der Waals surface area (Å²) in [7, 11) is 0.178. The van der Waals surface area contributed by atoms with E-state index in [-0.39, 0.29) is 11.8 Å². The van der Waals surface area contributed by atoms with E-state index >= 15 is 0 Å². The number of amides is 1. The molecule has 4 heterocycles. The highest BCUT2D eigenvalue weighted by Gasteiger charge is 2.19. The van der Waals surface area contributed by atoms with Crippen molar-refractivity contribution in [1.82, 2.24) is 24.8 Å². The van der Waals surface area contributed by atoms with Gasteiger partial charge >= 0.3 is 0 Å². The second-order valence-electron chi connectivity index (χ2n) is 6.43. The van der Waals surface area contributed by atoms with Crippen LogP contribution in [0, 0.1) is 0 Å². The summed E-state index contributed by atoms with van der Waals surface area (Å²) < 4.78 is 19.4. The number of pyridine rings is 1. The molecule has 2 bridgehead atoms. The molecular formula is C20H20N6O3S. The van der Waals surface area contributed by atoms with Gasteiger partial charge in [0.25, 0.3) is 5.91 Å². The average molecular weight is 424 g/mol. The topological polar surface area (TPSA) is 114 Å². The van der Waals surface area contributed by atoms with Crippen LogP contribution in [0.25, 0.3) is 11.4 Å². The van der Waals surface area contributed by atoms with Crippen LogP contribution in [0.5, 0.6) is 5.88 Å². The fraction of sp³-hybridized carbons (Fsp3) is 0.200. The van der Waals surface area contributed by atoms with E-state index in [1.165, 1.54) is 7.11 Å². The van der Waals surface area contributed by atoms with Gasteiger partial charge in [-0.2, -0.15) is 4.98 Å². The summed E-state index contributed by atoms with van der Waals surface area (Å²) in [6.45, 7) is 0.824. The number of carbonyl (C=O) groups is 1. The number of benzene rings is 1. The summed E-state index contributed by atoms with van der Waals surface area (Å²) >= 11 is 0. The Morgan fingerprint density at radius 2 is 2.07 bits per heavy atom. The molecule has 30 heavy (non-hydrogen) atoms. The van der Waals surface area contributed by atoms with Crippen molar-refractivity contribution in [3.05, 3.63) is 59.7 Å². The van der Waals surface area contributed by atoms with Crippen LogP contribution in [-0.2, 0) is 17.3 Å².